The Balaban J connectivity index is 0.000000572. The highest BCUT2D eigenvalue weighted by Gasteiger charge is 2.17. The number of anilines is 2. The standard InChI is InChI=1S/C23H19BrN4O.C6H12O/c1-5-17-11-15(3)21(16(4)12-17)29-22-20(24)14-26-23(27-22)28(6-2)19-9-7-18(13-25)8-10-19;1-5(7)6(2,3)4/h1,7-12,14H,6H2,2-4H3;1-4H3. The highest BCUT2D eigenvalue weighted by molar-refractivity contribution is 9.10. The van der Waals surface area contributed by atoms with Gasteiger partial charge in [-0.25, -0.2) is 4.98 Å². The van der Waals surface area contributed by atoms with Gasteiger partial charge in [0.1, 0.15) is 11.5 Å². The Kier molecular flexibility index (Phi) is 9.78. The van der Waals surface area contributed by atoms with E-state index >= 15 is 0 Å². The summed E-state index contributed by atoms with van der Waals surface area (Å²) in [5, 5.41) is 9.01. The Hall–Kier alpha value is -3.68. The van der Waals surface area contributed by atoms with Gasteiger partial charge in [0, 0.05) is 23.2 Å². The summed E-state index contributed by atoms with van der Waals surface area (Å²) < 4.78 is 6.79. The fraction of sp³-hybridized carbons (Fsp3) is 0.310. The maximum absolute atomic E-state index is 10.5. The maximum atomic E-state index is 10.5. The number of halogens is 1. The minimum Gasteiger partial charge on any atom is -0.437 e. The number of hydrogen-bond donors (Lipinski definition) is 0. The number of benzene rings is 2. The van der Waals surface area contributed by atoms with Crippen LogP contribution in [0.2, 0.25) is 0 Å². The lowest BCUT2D eigenvalue weighted by atomic mass is 9.92. The van der Waals surface area contributed by atoms with Crippen LogP contribution >= 0.6 is 15.9 Å². The lowest BCUT2D eigenvalue weighted by Crippen LogP contribution is -2.19. The normalized spacial score (nSPS) is 10.4. The summed E-state index contributed by atoms with van der Waals surface area (Å²) in [7, 11) is 0. The molecule has 1 aromatic heterocycles. The molecule has 7 heteroatoms. The Morgan fingerprint density at radius 2 is 1.69 bits per heavy atom. The second kappa shape index (κ2) is 12.3. The molecule has 0 saturated carbocycles. The number of carbonyl (C=O) groups excluding carboxylic acids is 1. The molecule has 2 aromatic carbocycles. The number of nitriles is 1. The number of ether oxygens (including phenoxy) is 1. The molecule has 6 nitrogen and oxygen atoms in total. The van der Waals surface area contributed by atoms with Gasteiger partial charge in [0.2, 0.25) is 11.8 Å². The topological polar surface area (TPSA) is 79.1 Å². The predicted octanol–water partition coefficient (Wildman–Crippen LogP) is 7.28. The zero-order valence-corrected chi connectivity index (χ0v) is 23.4. The van der Waals surface area contributed by atoms with Crippen molar-refractivity contribution in [3.05, 3.63) is 69.3 Å². The van der Waals surface area contributed by atoms with E-state index < -0.39 is 0 Å². The quantitative estimate of drug-likeness (QED) is 0.313. The Morgan fingerprint density at radius 1 is 1.14 bits per heavy atom. The molecule has 1 heterocycles. The molecule has 0 N–H and O–H groups in total. The molecule has 186 valence electrons. The van der Waals surface area contributed by atoms with E-state index in [1.165, 1.54) is 0 Å². The summed E-state index contributed by atoms with van der Waals surface area (Å²) in [6, 6.07) is 13.2. The molecule has 36 heavy (non-hydrogen) atoms. The SMILES string of the molecule is C#Cc1cc(C)c(Oc2nc(N(CC)c3ccc(C#N)cc3)ncc2Br)c(C)c1.CC(=O)C(C)(C)C. The molecular weight excluding hydrogens is 516 g/mol. The molecule has 0 aliphatic carbocycles. The third-order valence-electron chi connectivity index (χ3n) is 5.45. The van der Waals surface area contributed by atoms with Gasteiger partial charge in [-0.05, 0) is 91.1 Å². The van der Waals surface area contributed by atoms with Crippen LogP contribution in [0.1, 0.15) is 56.9 Å². The van der Waals surface area contributed by atoms with Crippen LogP contribution in [0.15, 0.2) is 47.1 Å². The fourth-order valence-electron chi connectivity index (χ4n) is 2.99. The molecule has 0 spiro atoms. The van der Waals surface area contributed by atoms with Crippen molar-refractivity contribution >= 4 is 33.3 Å². The summed E-state index contributed by atoms with van der Waals surface area (Å²) in [6.07, 6.45) is 7.19. The first-order valence-corrected chi connectivity index (χ1v) is 12.3. The number of nitrogens with zero attached hydrogens (tertiary/aromatic N) is 4. The van der Waals surface area contributed by atoms with Crippen LogP contribution in [-0.2, 0) is 4.79 Å². The number of aromatic nitrogens is 2. The highest BCUT2D eigenvalue weighted by atomic mass is 79.9. The zero-order valence-electron chi connectivity index (χ0n) is 21.8. The average Bonchev–Trinajstić information content (AvgIpc) is 2.83. The Morgan fingerprint density at radius 3 is 2.14 bits per heavy atom. The zero-order chi connectivity index (χ0) is 27.0. The molecule has 0 amide bonds. The van der Waals surface area contributed by atoms with E-state index in [-0.39, 0.29) is 11.2 Å². The average molecular weight is 547 g/mol. The van der Waals surface area contributed by atoms with Crippen molar-refractivity contribution in [1.29, 1.82) is 5.26 Å². The minimum absolute atomic E-state index is 0.139. The van der Waals surface area contributed by atoms with Crippen molar-refractivity contribution in [2.75, 3.05) is 11.4 Å². The first-order valence-electron chi connectivity index (χ1n) is 11.5. The molecule has 3 aromatic rings. The van der Waals surface area contributed by atoms with Crippen LogP contribution in [0.3, 0.4) is 0 Å². The van der Waals surface area contributed by atoms with Gasteiger partial charge >= 0.3 is 0 Å². The summed E-state index contributed by atoms with van der Waals surface area (Å²) in [4.78, 5) is 21.5. The van der Waals surface area contributed by atoms with Crippen LogP contribution < -0.4 is 9.64 Å². The number of terminal acetylenes is 1. The molecule has 0 unspecified atom stereocenters. The van der Waals surface area contributed by atoms with Crippen molar-refractivity contribution in [1.82, 2.24) is 9.97 Å². The maximum Gasteiger partial charge on any atom is 0.238 e. The van der Waals surface area contributed by atoms with Crippen molar-refractivity contribution in [2.24, 2.45) is 5.41 Å². The van der Waals surface area contributed by atoms with Crippen molar-refractivity contribution in [3.63, 3.8) is 0 Å². The summed E-state index contributed by atoms with van der Waals surface area (Å²) in [5.74, 6) is 4.54. The lowest BCUT2D eigenvalue weighted by Gasteiger charge is -2.22. The van der Waals surface area contributed by atoms with Crippen LogP contribution in [0.4, 0.5) is 11.6 Å². The third kappa shape index (κ3) is 7.41. The molecule has 0 aliphatic heterocycles. The van der Waals surface area contributed by atoms with Gasteiger partial charge in [-0.2, -0.15) is 10.2 Å². The van der Waals surface area contributed by atoms with Crippen LogP contribution in [0.25, 0.3) is 0 Å². The summed E-state index contributed by atoms with van der Waals surface area (Å²) >= 11 is 3.47. The number of carbonyl (C=O) groups is 1. The molecule has 3 rings (SSSR count). The van der Waals surface area contributed by atoms with Gasteiger partial charge < -0.3 is 9.64 Å². The fourth-order valence-corrected chi connectivity index (χ4v) is 3.26. The van der Waals surface area contributed by atoms with Crippen molar-refractivity contribution in [2.45, 2.75) is 48.5 Å². The van der Waals surface area contributed by atoms with Crippen molar-refractivity contribution < 1.29 is 9.53 Å². The van der Waals surface area contributed by atoms with E-state index in [2.05, 4.69) is 37.9 Å². The van der Waals surface area contributed by atoms with E-state index in [4.69, 9.17) is 16.4 Å². The molecule has 0 aliphatic rings. The molecule has 0 radical (unpaired) electrons. The van der Waals surface area contributed by atoms with Crippen LogP contribution in [0.5, 0.6) is 11.6 Å². The largest absolute Gasteiger partial charge is 0.437 e. The van der Waals surface area contributed by atoms with E-state index in [1.54, 1.807) is 25.3 Å². The lowest BCUT2D eigenvalue weighted by molar-refractivity contribution is -0.124. The number of Topliss-reactive ketones (excluding diaryl/α,β-unsaturated/α-hetero) is 1. The number of rotatable bonds is 5. The minimum atomic E-state index is -0.139. The van der Waals surface area contributed by atoms with Gasteiger partial charge in [0.15, 0.2) is 0 Å². The van der Waals surface area contributed by atoms with Gasteiger partial charge in [0.05, 0.1) is 22.3 Å². The van der Waals surface area contributed by atoms with E-state index in [0.29, 0.717) is 28.4 Å². The number of ketones is 1. The second-order valence-electron chi connectivity index (χ2n) is 9.22. The number of hydrogen-bond acceptors (Lipinski definition) is 6. The number of aryl methyl sites for hydroxylation is 2. The first kappa shape index (κ1) is 28.6. The molecule has 0 atom stereocenters. The first-order chi connectivity index (χ1) is 16.9. The van der Waals surface area contributed by atoms with Crippen LogP contribution in [0, 0.1) is 42.9 Å². The van der Waals surface area contributed by atoms with E-state index in [1.807, 2.05) is 70.7 Å². The van der Waals surface area contributed by atoms with Crippen LogP contribution in [-0.4, -0.2) is 22.3 Å². The van der Waals surface area contributed by atoms with E-state index in [0.717, 1.165) is 28.1 Å². The van der Waals surface area contributed by atoms with E-state index in [9.17, 15) is 4.79 Å². The van der Waals surface area contributed by atoms with Gasteiger partial charge in [-0.1, -0.05) is 26.7 Å². The predicted molar refractivity (Wildman–Crippen MR) is 148 cm³/mol. The third-order valence-corrected chi connectivity index (χ3v) is 5.99. The molecular formula is C29H31BrN4O2. The Labute approximate surface area is 222 Å². The second-order valence-corrected chi connectivity index (χ2v) is 10.1. The molecule has 0 fully saturated rings. The monoisotopic (exact) mass is 546 g/mol. The molecule has 0 saturated heterocycles. The van der Waals surface area contributed by atoms with Gasteiger partial charge in [-0.3, -0.25) is 4.79 Å². The molecule has 0 bridgehead atoms. The Bertz CT molecular complexity index is 1290. The van der Waals surface area contributed by atoms with Crippen molar-refractivity contribution in [3.8, 4) is 30.0 Å². The summed E-state index contributed by atoms with van der Waals surface area (Å²) in [6.45, 7) is 13.9. The van der Waals surface area contributed by atoms with Gasteiger partial charge in [0.25, 0.3) is 0 Å². The summed E-state index contributed by atoms with van der Waals surface area (Å²) in [5.41, 5.74) is 4.04. The highest BCUT2D eigenvalue weighted by Crippen LogP contribution is 2.34. The van der Waals surface area contributed by atoms with Gasteiger partial charge in [-0.15, -0.1) is 6.42 Å². The smallest absolute Gasteiger partial charge is 0.238 e.